The van der Waals surface area contributed by atoms with Crippen molar-refractivity contribution in [3.8, 4) is 11.8 Å². The molecule has 1 atom stereocenters. The molecule has 0 fully saturated rings. The highest BCUT2D eigenvalue weighted by Crippen LogP contribution is 1.94. The third kappa shape index (κ3) is 7.39. The van der Waals surface area contributed by atoms with Crippen LogP contribution >= 0.6 is 0 Å². The Hall–Kier alpha value is -0.970. The maximum Gasteiger partial charge on any atom is 0.306 e. The number of hydrogen-bond acceptors (Lipinski definition) is 2. The highest BCUT2D eigenvalue weighted by atomic mass is 16.5. The van der Waals surface area contributed by atoms with Gasteiger partial charge < -0.3 is 4.74 Å². The van der Waals surface area contributed by atoms with Crippen molar-refractivity contribution in [2.45, 2.75) is 52.6 Å². The fourth-order valence-corrected chi connectivity index (χ4v) is 0.791. The van der Waals surface area contributed by atoms with Crippen LogP contribution in [0.4, 0.5) is 0 Å². The Morgan fingerprint density at radius 3 is 2.69 bits per heavy atom. The van der Waals surface area contributed by atoms with Crippen LogP contribution in [0.2, 0.25) is 0 Å². The molecule has 0 saturated heterocycles. The van der Waals surface area contributed by atoms with E-state index in [0.29, 0.717) is 6.42 Å². The van der Waals surface area contributed by atoms with Gasteiger partial charge in [0.25, 0.3) is 0 Å². The molecule has 0 spiro atoms. The van der Waals surface area contributed by atoms with Crippen molar-refractivity contribution in [1.82, 2.24) is 0 Å². The zero-order chi connectivity index (χ0) is 10.1. The van der Waals surface area contributed by atoms with Crippen molar-refractivity contribution in [3.05, 3.63) is 0 Å². The van der Waals surface area contributed by atoms with Crippen LogP contribution in [0.3, 0.4) is 0 Å². The fraction of sp³-hybridized carbons (Fsp3) is 0.727. The zero-order valence-electron chi connectivity index (χ0n) is 8.72. The Kier molecular flexibility index (Phi) is 7.10. The first kappa shape index (κ1) is 12.0. The van der Waals surface area contributed by atoms with Gasteiger partial charge in [-0.1, -0.05) is 32.1 Å². The summed E-state index contributed by atoms with van der Waals surface area (Å²) in [7, 11) is 0. The number of esters is 1. The van der Waals surface area contributed by atoms with Crippen molar-refractivity contribution in [3.63, 3.8) is 0 Å². The summed E-state index contributed by atoms with van der Waals surface area (Å²) in [4.78, 5) is 10.8. The van der Waals surface area contributed by atoms with Crippen LogP contribution in [0.5, 0.6) is 0 Å². The first-order valence-electron chi connectivity index (χ1n) is 4.88. The minimum atomic E-state index is -0.260. The average Bonchev–Trinajstić information content (AvgIpc) is 2.12. The predicted octanol–water partition coefficient (Wildman–Crippen LogP) is 2.52. The van der Waals surface area contributed by atoms with Crippen LogP contribution < -0.4 is 0 Å². The molecule has 0 amide bonds. The molecule has 74 valence electrons. The van der Waals surface area contributed by atoms with Crippen molar-refractivity contribution in [2.75, 3.05) is 0 Å². The van der Waals surface area contributed by atoms with E-state index < -0.39 is 0 Å². The van der Waals surface area contributed by atoms with Gasteiger partial charge in [0.05, 0.1) is 0 Å². The van der Waals surface area contributed by atoms with Gasteiger partial charge in [-0.3, -0.25) is 4.79 Å². The topological polar surface area (TPSA) is 26.3 Å². The first-order valence-corrected chi connectivity index (χ1v) is 4.88. The van der Waals surface area contributed by atoms with Crippen LogP contribution in [0.15, 0.2) is 0 Å². The van der Waals surface area contributed by atoms with Gasteiger partial charge in [-0.05, 0) is 13.3 Å². The van der Waals surface area contributed by atoms with Crippen molar-refractivity contribution >= 4 is 5.97 Å². The molecule has 0 aliphatic heterocycles. The molecule has 0 aromatic carbocycles. The highest BCUT2D eigenvalue weighted by molar-refractivity contribution is 5.69. The Bertz CT molecular complexity index is 198. The smallest absolute Gasteiger partial charge is 0.306 e. The maximum atomic E-state index is 10.8. The summed E-state index contributed by atoms with van der Waals surface area (Å²) in [5.74, 6) is 5.69. The van der Waals surface area contributed by atoms with Crippen LogP contribution in [0.25, 0.3) is 0 Å². The third-order valence-corrected chi connectivity index (χ3v) is 1.56. The normalized spacial score (nSPS) is 11.3. The molecule has 0 aliphatic rings. The minimum Gasteiger partial charge on any atom is -0.449 e. The lowest BCUT2D eigenvalue weighted by molar-refractivity contribution is -0.145. The standard InChI is InChI=1S/C11H18O2/c1-4-6-7-8-9-10(3)13-11(12)5-2/h10H,4-7H2,1-3H3/t10-/m1/s1. The van der Waals surface area contributed by atoms with Gasteiger partial charge in [-0.2, -0.15) is 0 Å². The average molecular weight is 182 g/mol. The SMILES string of the molecule is CCCCC#C[C@@H](C)OC(=O)CC. The molecule has 0 unspecified atom stereocenters. The Labute approximate surface area is 80.7 Å². The molecule has 0 aliphatic carbocycles. The first-order chi connectivity index (χ1) is 6.20. The number of carbonyl (C=O) groups excluding carboxylic acids is 1. The van der Waals surface area contributed by atoms with Crippen LogP contribution in [-0.4, -0.2) is 12.1 Å². The summed E-state index contributed by atoms with van der Waals surface area (Å²) < 4.78 is 4.97. The van der Waals surface area contributed by atoms with E-state index in [1.54, 1.807) is 13.8 Å². The Morgan fingerprint density at radius 2 is 2.15 bits per heavy atom. The summed E-state index contributed by atoms with van der Waals surface area (Å²) >= 11 is 0. The highest BCUT2D eigenvalue weighted by Gasteiger charge is 2.02. The summed E-state index contributed by atoms with van der Waals surface area (Å²) in [6.45, 7) is 5.70. The van der Waals surface area contributed by atoms with Gasteiger partial charge in [0.1, 0.15) is 0 Å². The molecule has 2 heteroatoms. The van der Waals surface area contributed by atoms with Crippen LogP contribution in [0.1, 0.15) is 46.5 Å². The number of unbranched alkanes of at least 4 members (excludes halogenated alkanes) is 2. The second kappa shape index (κ2) is 7.67. The molecule has 0 aromatic heterocycles. The molecule has 2 nitrogen and oxygen atoms in total. The Morgan fingerprint density at radius 1 is 1.46 bits per heavy atom. The van der Waals surface area contributed by atoms with E-state index in [9.17, 15) is 4.79 Å². The van der Waals surface area contributed by atoms with Crippen molar-refractivity contribution < 1.29 is 9.53 Å². The van der Waals surface area contributed by atoms with Crippen molar-refractivity contribution in [2.24, 2.45) is 0 Å². The molecule has 0 bridgehead atoms. The summed E-state index contributed by atoms with van der Waals surface area (Å²) in [5.41, 5.74) is 0. The molecule has 0 rings (SSSR count). The molecular formula is C11H18O2. The van der Waals surface area contributed by atoms with E-state index in [4.69, 9.17) is 4.74 Å². The van der Waals surface area contributed by atoms with Gasteiger partial charge in [0.15, 0.2) is 6.10 Å². The van der Waals surface area contributed by atoms with E-state index in [-0.39, 0.29) is 12.1 Å². The van der Waals surface area contributed by atoms with Gasteiger partial charge in [-0.15, -0.1) is 0 Å². The largest absolute Gasteiger partial charge is 0.449 e. The van der Waals surface area contributed by atoms with Gasteiger partial charge in [-0.25, -0.2) is 0 Å². The lowest BCUT2D eigenvalue weighted by Gasteiger charge is -2.04. The van der Waals surface area contributed by atoms with E-state index in [0.717, 1.165) is 19.3 Å². The van der Waals surface area contributed by atoms with Crippen LogP contribution in [0, 0.1) is 11.8 Å². The monoisotopic (exact) mass is 182 g/mol. The Balaban J connectivity index is 3.63. The quantitative estimate of drug-likeness (QED) is 0.379. The van der Waals surface area contributed by atoms with Crippen molar-refractivity contribution in [1.29, 1.82) is 0 Å². The van der Waals surface area contributed by atoms with E-state index in [1.807, 2.05) is 0 Å². The minimum absolute atomic E-state index is 0.183. The van der Waals surface area contributed by atoms with Crippen LogP contribution in [-0.2, 0) is 9.53 Å². The number of rotatable bonds is 4. The number of ether oxygens (including phenoxy) is 1. The molecule has 0 aromatic rings. The van der Waals surface area contributed by atoms with Gasteiger partial charge in [0.2, 0.25) is 0 Å². The lowest BCUT2D eigenvalue weighted by Crippen LogP contribution is -2.11. The lowest BCUT2D eigenvalue weighted by atomic mass is 10.2. The second-order valence-corrected chi connectivity index (χ2v) is 2.91. The maximum absolute atomic E-state index is 10.8. The second-order valence-electron chi connectivity index (χ2n) is 2.91. The predicted molar refractivity (Wildman–Crippen MR) is 53.1 cm³/mol. The van der Waals surface area contributed by atoms with E-state index in [2.05, 4.69) is 18.8 Å². The molecular weight excluding hydrogens is 164 g/mol. The van der Waals surface area contributed by atoms with E-state index in [1.165, 1.54) is 0 Å². The third-order valence-electron chi connectivity index (χ3n) is 1.56. The zero-order valence-corrected chi connectivity index (χ0v) is 8.72. The molecule has 0 heterocycles. The summed E-state index contributed by atoms with van der Waals surface area (Å²) in [5, 5.41) is 0. The molecule has 0 radical (unpaired) electrons. The summed E-state index contributed by atoms with van der Waals surface area (Å²) in [6, 6.07) is 0. The summed E-state index contributed by atoms with van der Waals surface area (Å²) in [6.07, 6.45) is 3.31. The van der Waals surface area contributed by atoms with Gasteiger partial charge >= 0.3 is 5.97 Å². The van der Waals surface area contributed by atoms with Gasteiger partial charge in [0, 0.05) is 12.8 Å². The molecule has 0 N–H and O–H groups in total. The molecule has 0 saturated carbocycles. The number of carbonyl (C=O) groups is 1. The molecule has 13 heavy (non-hydrogen) atoms. The number of hydrogen-bond donors (Lipinski definition) is 0. The fourth-order valence-electron chi connectivity index (χ4n) is 0.791. The van der Waals surface area contributed by atoms with E-state index >= 15 is 0 Å².